The molecule has 3 heterocycles. The summed E-state index contributed by atoms with van der Waals surface area (Å²) in [6, 6.07) is 17.2. The molecule has 0 spiro atoms. The second kappa shape index (κ2) is 11.0. The number of furan rings is 1. The highest BCUT2D eigenvalue weighted by Crippen LogP contribution is 2.31. The third-order valence-electron chi connectivity index (χ3n) is 6.19. The Morgan fingerprint density at radius 2 is 1.79 bits per heavy atom. The van der Waals surface area contributed by atoms with E-state index in [2.05, 4.69) is 20.9 Å². The van der Waals surface area contributed by atoms with Crippen LogP contribution in [0.1, 0.15) is 41.6 Å². The summed E-state index contributed by atoms with van der Waals surface area (Å²) >= 11 is 4.67. The molecule has 10 heteroatoms. The summed E-state index contributed by atoms with van der Waals surface area (Å²) in [5, 5.41) is 0. The van der Waals surface area contributed by atoms with Gasteiger partial charge >= 0.3 is 11.9 Å². The molecule has 0 amide bonds. The highest BCUT2D eigenvalue weighted by atomic mass is 79.9. The number of nitrogens with zero attached hydrogens (tertiary/aromatic N) is 2. The Hall–Kier alpha value is -4.02. The number of allylic oxidation sites excluding steroid dienone is 1. The van der Waals surface area contributed by atoms with E-state index in [-0.39, 0.29) is 12.2 Å². The molecule has 8 nitrogen and oxygen atoms in total. The Balaban J connectivity index is 1.57. The predicted molar refractivity (Wildman–Crippen MR) is 150 cm³/mol. The minimum atomic E-state index is -0.684. The van der Waals surface area contributed by atoms with Crippen LogP contribution in [0.2, 0.25) is 0 Å². The SMILES string of the molecule is CCOC(=O)C1=C(C)N=c2s/c(=C/c3ccc(-c4ccc(C(=O)OC)cc4)o3)c(=O)n2C1c1ccc(Br)cc1. The molecule has 2 aromatic heterocycles. The number of fused-ring (bicyclic) bond motifs is 1. The van der Waals surface area contributed by atoms with E-state index in [0.29, 0.717) is 37.7 Å². The van der Waals surface area contributed by atoms with Crippen LogP contribution in [-0.4, -0.2) is 30.2 Å². The number of hydrogen-bond donors (Lipinski definition) is 0. The van der Waals surface area contributed by atoms with Crippen molar-refractivity contribution in [2.24, 2.45) is 4.99 Å². The topological polar surface area (TPSA) is 100 Å². The first-order valence-corrected chi connectivity index (χ1v) is 13.7. The second-order valence-electron chi connectivity index (χ2n) is 8.62. The van der Waals surface area contributed by atoms with Gasteiger partial charge in [0.1, 0.15) is 11.5 Å². The molecule has 0 fully saturated rings. The Kier molecular flexibility index (Phi) is 7.49. The minimum absolute atomic E-state index is 0.208. The summed E-state index contributed by atoms with van der Waals surface area (Å²) in [4.78, 5) is 43.5. The smallest absolute Gasteiger partial charge is 0.338 e. The van der Waals surface area contributed by atoms with E-state index in [1.807, 2.05) is 24.3 Å². The van der Waals surface area contributed by atoms with Crippen molar-refractivity contribution in [3.8, 4) is 11.3 Å². The summed E-state index contributed by atoms with van der Waals surface area (Å²) in [7, 11) is 1.33. The maximum Gasteiger partial charge on any atom is 0.338 e. The normalized spacial score (nSPS) is 15.1. The zero-order valence-electron chi connectivity index (χ0n) is 21.3. The number of methoxy groups -OCH3 is 1. The van der Waals surface area contributed by atoms with Crippen LogP contribution in [0.4, 0.5) is 0 Å². The zero-order valence-corrected chi connectivity index (χ0v) is 23.7. The van der Waals surface area contributed by atoms with E-state index in [9.17, 15) is 14.4 Å². The summed E-state index contributed by atoms with van der Waals surface area (Å²) in [5.74, 6) is 0.141. The number of ether oxygens (including phenoxy) is 2. The highest BCUT2D eigenvalue weighted by molar-refractivity contribution is 9.10. The third-order valence-corrected chi connectivity index (χ3v) is 7.71. The second-order valence-corrected chi connectivity index (χ2v) is 10.5. The van der Waals surface area contributed by atoms with Gasteiger partial charge in [-0.1, -0.05) is 51.5 Å². The molecule has 1 aliphatic rings. The van der Waals surface area contributed by atoms with Gasteiger partial charge in [-0.25, -0.2) is 14.6 Å². The van der Waals surface area contributed by atoms with Crippen molar-refractivity contribution in [3.05, 3.63) is 113 Å². The van der Waals surface area contributed by atoms with Crippen LogP contribution in [0.5, 0.6) is 0 Å². The van der Waals surface area contributed by atoms with Gasteiger partial charge in [-0.3, -0.25) is 9.36 Å². The van der Waals surface area contributed by atoms with Crippen molar-refractivity contribution < 1.29 is 23.5 Å². The Bertz CT molecular complexity index is 1780. The van der Waals surface area contributed by atoms with E-state index >= 15 is 0 Å². The molecule has 0 aliphatic carbocycles. The van der Waals surface area contributed by atoms with E-state index < -0.39 is 18.0 Å². The first-order chi connectivity index (χ1) is 18.8. The van der Waals surface area contributed by atoms with Gasteiger partial charge in [-0.05, 0) is 55.8 Å². The molecular formula is C29H23BrN2O6S. The van der Waals surface area contributed by atoms with Gasteiger partial charge in [0.15, 0.2) is 4.80 Å². The summed E-state index contributed by atoms with van der Waals surface area (Å²) in [6.45, 7) is 3.70. The maximum absolute atomic E-state index is 13.7. The standard InChI is InChI=1S/C29H23BrN2O6S/c1-4-37-28(35)24-16(2)31-29-32(25(24)18-9-11-20(30)12-10-18)26(33)23(39-29)15-21-13-14-22(38-21)17-5-7-19(8-6-17)27(34)36-3/h5-15,25H,4H2,1-3H3/b23-15+. The maximum atomic E-state index is 13.7. The van der Waals surface area contributed by atoms with Gasteiger partial charge in [0.25, 0.3) is 5.56 Å². The van der Waals surface area contributed by atoms with Crippen LogP contribution < -0.4 is 14.9 Å². The number of carbonyl (C=O) groups is 2. The molecule has 0 radical (unpaired) electrons. The zero-order chi connectivity index (χ0) is 27.7. The number of carbonyl (C=O) groups excluding carboxylic acids is 2. The Morgan fingerprint density at radius 1 is 1.08 bits per heavy atom. The van der Waals surface area contributed by atoms with Crippen molar-refractivity contribution in [2.75, 3.05) is 13.7 Å². The first kappa shape index (κ1) is 26.6. The summed E-state index contributed by atoms with van der Waals surface area (Å²) < 4.78 is 18.9. The van der Waals surface area contributed by atoms with Crippen LogP contribution in [0.3, 0.4) is 0 Å². The first-order valence-electron chi connectivity index (χ1n) is 12.0. The monoisotopic (exact) mass is 606 g/mol. The number of benzene rings is 2. The quantitative estimate of drug-likeness (QED) is 0.297. The van der Waals surface area contributed by atoms with Crippen molar-refractivity contribution >= 4 is 45.3 Å². The van der Waals surface area contributed by atoms with Crippen LogP contribution in [-0.2, 0) is 14.3 Å². The molecule has 1 aliphatic heterocycles. The predicted octanol–water partition coefficient (Wildman–Crippen LogP) is 4.61. The molecule has 0 saturated heterocycles. The Labute approximate surface area is 235 Å². The molecule has 0 saturated carbocycles. The van der Waals surface area contributed by atoms with Crippen LogP contribution in [0.15, 0.2) is 90.6 Å². The average Bonchev–Trinajstić information content (AvgIpc) is 3.52. The summed E-state index contributed by atoms with van der Waals surface area (Å²) in [6.07, 6.45) is 1.66. The van der Waals surface area contributed by atoms with E-state index in [1.54, 1.807) is 56.3 Å². The van der Waals surface area contributed by atoms with E-state index in [0.717, 1.165) is 15.6 Å². The lowest BCUT2D eigenvalue weighted by Crippen LogP contribution is -2.39. The van der Waals surface area contributed by atoms with Crippen molar-refractivity contribution in [3.63, 3.8) is 0 Å². The molecule has 4 aromatic rings. The van der Waals surface area contributed by atoms with Crippen molar-refractivity contribution in [1.82, 2.24) is 4.57 Å². The lowest BCUT2D eigenvalue weighted by molar-refractivity contribution is -0.139. The fourth-order valence-electron chi connectivity index (χ4n) is 4.36. The number of halogens is 1. The van der Waals surface area contributed by atoms with Gasteiger partial charge in [-0.2, -0.15) is 0 Å². The highest BCUT2D eigenvalue weighted by Gasteiger charge is 2.33. The van der Waals surface area contributed by atoms with Crippen molar-refractivity contribution in [1.29, 1.82) is 0 Å². The molecule has 39 heavy (non-hydrogen) atoms. The molecule has 1 unspecified atom stereocenters. The molecule has 1 atom stereocenters. The molecule has 2 aromatic carbocycles. The van der Waals surface area contributed by atoms with E-state index in [4.69, 9.17) is 13.9 Å². The number of hydrogen-bond acceptors (Lipinski definition) is 8. The molecule has 0 N–H and O–H groups in total. The van der Waals surface area contributed by atoms with Crippen LogP contribution >= 0.6 is 27.3 Å². The number of rotatable bonds is 6. The fourth-order valence-corrected chi connectivity index (χ4v) is 5.65. The van der Waals surface area contributed by atoms with Crippen LogP contribution in [0.25, 0.3) is 17.4 Å². The van der Waals surface area contributed by atoms with Crippen LogP contribution in [0, 0.1) is 0 Å². The average molecular weight is 607 g/mol. The van der Waals surface area contributed by atoms with Gasteiger partial charge in [0, 0.05) is 16.1 Å². The fraction of sp³-hybridized carbons (Fsp3) is 0.172. The van der Waals surface area contributed by atoms with Gasteiger partial charge in [-0.15, -0.1) is 0 Å². The molecular weight excluding hydrogens is 584 g/mol. The molecule has 0 bridgehead atoms. The van der Waals surface area contributed by atoms with Gasteiger partial charge in [0.05, 0.1) is 41.1 Å². The minimum Gasteiger partial charge on any atom is -0.465 e. The largest absolute Gasteiger partial charge is 0.465 e. The van der Waals surface area contributed by atoms with E-state index in [1.165, 1.54) is 23.0 Å². The third kappa shape index (κ3) is 5.17. The van der Waals surface area contributed by atoms with Crippen molar-refractivity contribution in [2.45, 2.75) is 19.9 Å². The lowest BCUT2D eigenvalue weighted by Gasteiger charge is -2.24. The lowest BCUT2D eigenvalue weighted by atomic mass is 9.96. The number of esters is 2. The molecule has 198 valence electrons. The number of thiazole rings is 1. The van der Waals surface area contributed by atoms with Gasteiger partial charge < -0.3 is 13.9 Å². The molecule has 5 rings (SSSR count). The van der Waals surface area contributed by atoms with Gasteiger partial charge in [0.2, 0.25) is 0 Å². The number of aromatic nitrogens is 1. The summed E-state index contributed by atoms with van der Waals surface area (Å²) in [5.41, 5.74) is 2.51. The Morgan fingerprint density at radius 3 is 2.46 bits per heavy atom.